The van der Waals surface area contributed by atoms with Crippen LogP contribution in [0, 0.1) is 6.92 Å². The molecule has 1 aliphatic heterocycles. The molecule has 25 heavy (non-hydrogen) atoms. The summed E-state index contributed by atoms with van der Waals surface area (Å²) in [4.78, 5) is 12.4. The van der Waals surface area contributed by atoms with E-state index >= 15 is 0 Å². The first-order valence-corrected chi connectivity index (χ1v) is 7.97. The minimum absolute atomic E-state index is 0.184. The normalized spacial score (nSPS) is 12.2. The van der Waals surface area contributed by atoms with Crippen LogP contribution in [0.4, 0.5) is 5.82 Å². The van der Waals surface area contributed by atoms with Gasteiger partial charge in [0.2, 0.25) is 6.79 Å². The Hall–Kier alpha value is -3.28. The first-order chi connectivity index (χ1) is 12.2. The number of carbonyl (C=O) groups is 1. The standard InChI is InChI=1S/C19H17N3O3/c1-13-3-2-4-14(9-13)11-22-8-7-18(21-22)20-19(23)15-5-6-16-17(10-15)25-12-24-16/h2-10H,11-12H2,1H3,(H,20,21,23). The third-order valence-electron chi connectivity index (χ3n) is 3.94. The van der Waals surface area contributed by atoms with E-state index in [-0.39, 0.29) is 12.7 Å². The van der Waals surface area contributed by atoms with Crippen molar-refractivity contribution >= 4 is 11.7 Å². The quantitative estimate of drug-likeness (QED) is 0.795. The predicted molar refractivity (Wildman–Crippen MR) is 93.0 cm³/mol. The molecule has 2 heterocycles. The first-order valence-electron chi connectivity index (χ1n) is 7.97. The number of hydrogen-bond donors (Lipinski definition) is 1. The molecule has 1 aromatic heterocycles. The van der Waals surface area contributed by atoms with Crippen molar-refractivity contribution in [2.75, 3.05) is 12.1 Å². The van der Waals surface area contributed by atoms with Crippen LogP contribution in [0.15, 0.2) is 54.7 Å². The minimum atomic E-state index is -0.237. The van der Waals surface area contributed by atoms with Crippen LogP contribution in [-0.4, -0.2) is 22.5 Å². The lowest BCUT2D eigenvalue weighted by Crippen LogP contribution is -2.12. The van der Waals surface area contributed by atoms with Crippen LogP contribution in [0.5, 0.6) is 11.5 Å². The van der Waals surface area contributed by atoms with E-state index in [1.807, 2.05) is 12.3 Å². The molecule has 126 valence electrons. The van der Waals surface area contributed by atoms with Gasteiger partial charge in [0.1, 0.15) is 0 Å². The van der Waals surface area contributed by atoms with Crippen LogP contribution >= 0.6 is 0 Å². The highest BCUT2D eigenvalue weighted by Gasteiger charge is 2.16. The molecule has 0 radical (unpaired) electrons. The Labute approximate surface area is 145 Å². The molecule has 0 spiro atoms. The molecule has 1 N–H and O–H groups in total. The Morgan fingerprint density at radius 1 is 1.16 bits per heavy atom. The summed E-state index contributed by atoms with van der Waals surface area (Å²) in [5, 5.41) is 7.20. The van der Waals surface area contributed by atoms with E-state index in [1.165, 1.54) is 5.56 Å². The maximum absolute atomic E-state index is 12.4. The van der Waals surface area contributed by atoms with Crippen molar-refractivity contribution in [2.24, 2.45) is 0 Å². The number of benzene rings is 2. The van der Waals surface area contributed by atoms with E-state index < -0.39 is 0 Å². The number of carbonyl (C=O) groups excluding carboxylic acids is 1. The first kappa shape index (κ1) is 15.3. The van der Waals surface area contributed by atoms with Crippen LogP contribution in [0.3, 0.4) is 0 Å². The monoisotopic (exact) mass is 335 g/mol. The molecule has 6 heteroatoms. The van der Waals surface area contributed by atoms with Crippen molar-refractivity contribution in [3.8, 4) is 11.5 Å². The molecule has 0 fully saturated rings. The van der Waals surface area contributed by atoms with Gasteiger partial charge in [0, 0.05) is 17.8 Å². The molecule has 0 unspecified atom stereocenters. The molecule has 1 amide bonds. The van der Waals surface area contributed by atoms with Gasteiger partial charge < -0.3 is 14.8 Å². The number of amides is 1. The van der Waals surface area contributed by atoms with Crippen molar-refractivity contribution < 1.29 is 14.3 Å². The fourth-order valence-corrected chi connectivity index (χ4v) is 2.74. The minimum Gasteiger partial charge on any atom is -0.454 e. The zero-order chi connectivity index (χ0) is 17.2. The van der Waals surface area contributed by atoms with Crippen molar-refractivity contribution in [1.29, 1.82) is 0 Å². The lowest BCUT2D eigenvalue weighted by atomic mass is 10.1. The molecular weight excluding hydrogens is 318 g/mol. The molecule has 0 saturated heterocycles. The van der Waals surface area contributed by atoms with Gasteiger partial charge >= 0.3 is 0 Å². The van der Waals surface area contributed by atoms with E-state index in [0.29, 0.717) is 29.4 Å². The van der Waals surface area contributed by atoms with Gasteiger partial charge in [0.15, 0.2) is 17.3 Å². The third-order valence-corrected chi connectivity index (χ3v) is 3.94. The van der Waals surface area contributed by atoms with E-state index in [9.17, 15) is 4.79 Å². The van der Waals surface area contributed by atoms with Crippen molar-refractivity contribution in [2.45, 2.75) is 13.5 Å². The summed E-state index contributed by atoms with van der Waals surface area (Å²) in [7, 11) is 0. The second-order valence-electron chi connectivity index (χ2n) is 5.91. The zero-order valence-corrected chi connectivity index (χ0v) is 13.7. The zero-order valence-electron chi connectivity index (χ0n) is 13.7. The molecule has 2 aromatic carbocycles. The Balaban J connectivity index is 1.44. The van der Waals surface area contributed by atoms with E-state index in [4.69, 9.17) is 9.47 Å². The smallest absolute Gasteiger partial charge is 0.257 e. The number of aryl methyl sites for hydroxylation is 1. The summed E-state index contributed by atoms with van der Waals surface area (Å²) in [6, 6.07) is 15.1. The summed E-state index contributed by atoms with van der Waals surface area (Å²) < 4.78 is 12.3. The van der Waals surface area contributed by atoms with Gasteiger partial charge in [0.25, 0.3) is 5.91 Å². The summed E-state index contributed by atoms with van der Waals surface area (Å²) in [6.07, 6.45) is 1.84. The van der Waals surface area contributed by atoms with Crippen LogP contribution < -0.4 is 14.8 Å². The van der Waals surface area contributed by atoms with Crippen LogP contribution in [0.25, 0.3) is 0 Å². The van der Waals surface area contributed by atoms with Crippen LogP contribution in [0.1, 0.15) is 21.5 Å². The number of fused-ring (bicyclic) bond motifs is 1. The summed E-state index contributed by atoms with van der Waals surface area (Å²) in [5.41, 5.74) is 2.87. The van der Waals surface area contributed by atoms with Gasteiger partial charge in [-0.25, -0.2) is 0 Å². The SMILES string of the molecule is Cc1cccc(Cn2ccc(NC(=O)c3ccc4c(c3)OCO4)n2)c1. The fourth-order valence-electron chi connectivity index (χ4n) is 2.74. The van der Waals surface area contributed by atoms with Crippen molar-refractivity contribution in [1.82, 2.24) is 9.78 Å². The van der Waals surface area contributed by atoms with Crippen molar-refractivity contribution in [3.05, 3.63) is 71.4 Å². The van der Waals surface area contributed by atoms with E-state index in [2.05, 4.69) is 35.5 Å². The van der Waals surface area contributed by atoms with Gasteiger partial charge in [-0.1, -0.05) is 29.8 Å². The highest BCUT2D eigenvalue weighted by Crippen LogP contribution is 2.32. The fraction of sp³-hybridized carbons (Fsp3) is 0.158. The molecule has 0 aliphatic carbocycles. The Morgan fingerprint density at radius 2 is 2.04 bits per heavy atom. The average Bonchev–Trinajstić information content (AvgIpc) is 3.23. The number of ether oxygens (including phenoxy) is 2. The molecule has 0 atom stereocenters. The Morgan fingerprint density at radius 3 is 2.92 bits per heavy atom. The molecule has 4 rings (SSSR count). The second kappa shape index (κ2) is 6.32. The molecule has 3 aromatic rings. The number of anilines is 1. The van der Waals surface area contributed by atoms with Crippen molar-refractivity contribution in [3.63, 3.8) is 0 Å². The van der Waals surface area contributed by atoms with E-state index in [1.54, 1.807) is 28.9 Å². The van der Waals surface area contributed by atoms with Gasteiger partial charge in [-0.05, 0) is 30.7 Å². The number of rotatable bonds is 4. The second-order valence-corrected chi connectivity index (χ2v) is 5.91. The highest BCUT2D eigenvalue weighted by molar-refractivity contribution is 6.04. The molecule has 1 aliphatic rings. The number of nitrogens with zero attached hydrogens (tertiary/aromatic N) is 2. The van der Waals surface area contributed by atoms with Gasteiger partial charge in [-0.15, -0.1) is 0 Å². The predicted octanol–water partition coefficient (Wildman–Crippen LogP) is 3.22. The number of nitrogens with one attached hydrogen (secondary N) is 1. The topological polar surface area (TPSA) is 65.4 Å². The Kier molecular flexibility index (Phi) is 3.85. The number of aromatic nitrogens is 2. The van der Waals surface area contributed by atoms with E-state index in [0.717, 1.165) is 5.56 Å². The highest BCUT2D eigenvalue weighted by atomic mass is 16.7. The third kappa shape index (κ3) is 3.33. The molecule has 0 bridgehead atoms. The molecular formula is C19H17N3O3. The lowest BCUT2D eigenvalue weighted by Gasteiger charge is -2.04. The van der Waals surface area contributed by atoms with Gasteiger partial charge in [0.05, 0.1) is 6.54 Å². The van der Waals surface area contributed by atoms with Crippen LogP contribution in [-0.2, 0) is 6.54 Å². The summed E-state index contributed by atoms with van der Waals surface area (Å²) in [6.45, 7) is 2.90. The lowest BCUT2D eigenvalue weighted by molar-refractivity contribution is 0.102. The summed E-state index contributed by atoms with van der Waals surface area (Å²) in [5.74, 6) is 1.51. The molecule has 0 saturated carbocycles. The van der Waals surface area contributed by atoms with Gasteiger partial charge in [-0.3, -0.25) is 9.48 Å². The van der Waals surface area contributed by atoms with Gasteiger partial charge in [-0.2, -0.15) is 5.10 Å². The van der Waals surface area contributed by atoms with Crippen LogP contribution in [0.2, 0.25) is 0 Å². The Bertz CT molecular complexity index is 933. The maximum Gasteiger partial charge on any atom is 0.257 e. The molecule has 6 nitrogen and oxygen atoms in total. The maximum atomic E-state index is 12.4. The largest absolute Gasteiger partial charge is 0.454 e. The number of hydrogen-bond acceptors (Lipinski definition) is 4. The summed E-state index contributed by atoms with van der Waals surface area (Å²) >= 11 is 0. The average molecular weight is 335 g/mol.